The molecule has 1 saturated carbocycles. The Balaban J connectivity index is 2.05. The highest BCUT2D eigenvalue weighted by atomic mass is 35.5. The fraction of sp³-hybridized carbons (Fsp3) is 0.467. The van der Waals surface area contributed by atoms with Crippen LogP contribution in [0.15, 0.2) is 24.5 Å². The van der Waals surface area contributed by atoms with E-state index in [-0.39, 0.29) is 17.5 Å². The lowest BCUT2D eigenvalue weighted by molar-refractivity contribution is -0.0445. The minimum Gasteiger partial charge on any atom is -0.383 e. The number of aromatic nitrogens is 3. The van der Waals surface area contributed by atoms with Gasteiger partial charge in [-0.15, -0.1) is 0 Å². The number of hydrogen-bond donors (Lipinski definition) is 2. The zero-order chi connectivity index (χ0) is 15.9. The Morgan fingerprint density at radius 3 is 2.86 bits per heavy atom. The van der Waals surface area contributed by atoms with E-state index in [9.17, 15) is 9.50 Å². The first-order valence-electron chi connectivity index (χ1n) is 7.20. The summed E-state index contributed by atoms with van der Waals surface area (Å²) in [4.78, 5) is 3.97. The number of nitrogens with one attached hydrogen (secondary N) is 1. The first-order valence-corrected chi connectivity index (χ1v) is 7.98. The van der Waals surface area contributed by atoms with Gasteiger partial charge in [0, 0.05) is 10.6 Å². The third kappa shape index (κ3) is 2.83. The van der Waals surface area contributed by atoms with Crippen LogP contribution in [0.4, 0.5) is 4.39 Å². The molecular formula is C15H17ClFN3OS. The highest BCUT2D eigenvalue weighted by Crippen LogP contribution is 2.47. The lowest BCUT2D eigenvalue weighted by atomic mass is 9.79. The molecule has 2 aromatic rings. The standard InChI is InChI=1S/C15H17ClFN3OS/c1-9(10-2-3-10)15(21,7-20-14(22)18-8-19-20)12-5-4-11(17)6-13(12)16/h4-6,8-10,21H,2-3,7H2,1H3,(H,18,19,22). The minimum atomic E-state index is -1.24. The first kappa shape index (κ1) is 15.6. The van der Waals surface area contributed by atoms with Crippen molar-refractivity contribution in [2.45, 2.75) is 31.9 Å². The van der Waals surface area contributed by atoms with Crippen molar-refractivity contribution in [2.24, 2.45) is 11.8 Å². The fourth-order valence-electron chi connectivity index (χ4n) is 2.93. The minimum absolute atomic E-state index is 0.0272. The fourth-order valence-corrected chi connectivity index (χ4v) is 3.44. The van der Waals surface area contributed by atoms with E-state index in [0.29, 0.717) is 16.3 Å². The third-order valence-electron chi connectivity index (χ3n) is 4.50. The Morgan fingerprint density at radius 2 is 2.32 bits per heavy atom. The summed E-state index contributed by atoms with van der Waals surface area (Å²) in [6, 6.07) is 4.10. The molecule has 1 heterocycles. The second-order valence-corrected chi connectivity index (χ2v) is 6.70. The molecule has 1 aliphatic rings. The van der Waals surface area contributed by atoms with Crippen molar-refractivity contribution in [1.82, 2.24) is 14.8 Å². The van der Waals surface area contributed by atoms with E-state index < -0.39 is 11.4 Å². The Kier molecular flexibility index (Phi) is 4.09. The smallest absolute Gasteiger partial charge is 0.215 e. The molecule has 1 fully saturated rings. The lowest BCUT2D eigenvalue weighted by Gasteiger charge is -2.35. The molecule has 0 spiro atoms. The van der Waals surface area contributed by atoms with E-state index in [1.54, 1.807) is 10.7 Å². The Morgan fingerprint density at radius 1 is 1.59 bits per heavy atom. The van der Waals surface area contributed by atoms with Crippen molar-refractivity contribution in [3.05, 3.63) is 45.7 Å². The molecule has 22 heavy (non-hydrogen) atoms. The van der Waals surface area contributed by atoms with Gasteiger partial charge in [-0.05, 0) is 49.0 Å². The van der Waals surface area contributed by atoms with Crippen LogP contribution in [0.1, 0.15) is 25.3 Å². The van der Waals surface area contributed by atoms with E-state index in [0.717, 1.165) is 12.8 Å². The summed E-state index contributed by atoms with van der Waals surface area (Å²) in [6.07, 6.45) is 3.64. The molecule has 4 nitrogen and oxygen atoms in total. The predicted octanol–water partition coefficient (Wildman–Crippen LogP) is 3.67. The Labute approximate surface area is 137 Å². The summed E-state index contributed by atoms with van der Waals surface area (Å²) < 4.78 is 15.3. The summed E-state index contributed by atoms with van der Waals surface area (Å²) in [7, 11) is 0. The van der Waals surface area contributed by atoms with Crippen LogP contribution in [0.5, 0.6) is 0 Å². The van der Waals surface area contributed by atoms with Crippen molar-refractivity contribution in [1.29, 1.82) is 0 Å². The summed E-state index contributed by atoms with van der Waals surface area (Å²) in [5, 5.41) is 14.5. The van der Waals surface area contributed by atoms with Crippen molar-refractivity contribution >= 4 is 23.8 Å². The number of benzene rings is 1. The van der Waals surface area contributed by atoms with Gasteiger partial charge in [-0.3, -0.25) is 9.78 Å². The van der Waals surface area contributed by atoms with Gasteiger partial charge in [0.2, 0.25) is 4.77 Å². The van der Waals surface area contributed by atoms with Crippen LogP contribution in [0.3, 0.4) is 0 Å². The molecule has 2 unspecified atom stereocenters. The van der Waals surface area contributed by atoms with Crippen LogP contribution in [0, 0.1) is 22.4 Å². The molecule has 7 heteroatoms. The van der Waals surface area contributed by atoms with E-state index >= 15 is 0 Å². The summed E-state index contributed by atoms with van der Waals surface area (Å²) in [5.74, 6) is -0.0165. The van der Waals surface area contributed by atoms with Gasteiger partial charge >= 0.3 is 0 Å². The SMILES string of the molecule is CC(C1CC1)C(O)(Cn1[nH]cnc1=S)c1ccc(F)cc1Cl. The second-order valence-electron chi connectivity index (χ2n) is 5.93. The molecule has 118 valence electrons. The van der Waals surface area contributed by atoms with E-state index in [2.05, 4.69) is 10.1 Å². The van der Waals surface area contributed by atoms with Gasteiger partial charge in [0.05, 0.1) is 6.54 Å². The highest BCUT2D eigenvalue weighted by molar-refractivity contribution is 7.71. The van der Waals surface area contributed by atoms with E-state index in [1.165, 1.54) is 18.5 Å². The summed E-state index contributed by atoms with van der Waals surface area (Å²) in [5.41, 5.74) is -0.719. The topological polar surface area (TPSA) is 53.8 Å². The zero-order valence-electron chi connectivity index (χ0n) is 12.1. The molecule has 1 aromatic heterocycles. The lowest BCUT2D eigenvalue weighted by Crippen LogP contribution is -2.40. The number of aromatic amines is 1. The normalized spacial score (nSPS) is 18.9. The van der Waals surface area contributed by atoms with Crippen molar-refractivity contribution < 1.29 is 9.50 Å². The number of nitrogens with zero attached hydrogens (tertiary/aromatic N) is 2. The number of halogens is 2. The van der Waals surface area contributed by atoms with Gasteiger partial charge in [0.25, 0.3) is 0 Å². The van der Waals surface area contributed by atoms with E-state index in [4.69, 9.17) is 23.8 Å². The van der Waals surface area contributed by atoms with Gasteiger partial charge in [-0.25, -0.2) is 9.37 Å². The molecular weight excluding hydrogens is 325 g/mol. The second kappa shape index (κ2) is 5.76. The Hall–Kier alpha value is -1.24. The molecule has 0 aliphatic heterocycles. The predicted molar refractivity (Wildman–Crippen MR) is 84.6 cm³/mol. The molecule has 0 amide bonds. The number of hydrogen-bond acceptors (Lipinski definition) is 3. The van der Waals surface area contributed by atoms with Crippen LogP contribution >= 0.6 is 23.8 Å². The molecule has 0 radical (unpaired) electrons. The molecule has 0 saturated heterocycles. The molecule has 3 rings (SSSR count). The van der Waals surface area contributed by atoms with Gasteiger partial charge in [-0.1, -0.05) is 24.6 Å². The maximum absolute atomic E-state index is 13.3. The van der Waals surface area contributed by atoms with Crippen molar-refractivity contribution in [3.63, 3.8) is 0 Å². The third-order valence-corrected chi connectivity index (χ3v) is 5.14. The molecule has 1 aromatic carbocycles. The summed E-state index contributed by atoms with van der Waals surface area (Å²) >= 11 is 11.3. The zero-order valence-corrected chi connectivity index (χ0v) is 13.7. The highest BCUT2D eigenvalue weighted by Gasteiger charge is 2.45. The number of H-pyrrole nitrogens is 1. The summed E-state index contributed by atoms with van der Waals surface area (Å²) in [6.45, 7) is 2.20. The molecule has 0 bridgehead atoms. The monoisotopic (exact) mass is 341 g/mol. The Bertz CT molecular complexity index is 742. The van der Waals surface area contributed by atoms with E-state index in [1.807, 2.05) is 6.92 Å². The first-order chi connectivity index (χ1) is 10.4. The van der Waals surface area contributed by atoms with Crippen LogP contribution in [-0.4, -0.2) is 19.9 Å². The average molecular weight is 342 g/mol. The van der Waals surface area contributed by atoms with Crippen LogP contribution in [0.2, 0.25) is 5.02 Å². The quantitative estimate of drug-likeness (QED) is 0.816. The largest absolute Gasteiger partial charge is 0.383 e. The van der Waals surface area contributed by atoms with Crippen molar-refractivity contribution in [2.75, 3.05) is 0 Å². The maximum atomic E-state index is 13.3. The van der Waals surface area contributed by atoms with Crippen LogP contribution in [-0.2, 0) is 12.1 Å². The molecule has 1 aliphatic carbocycles. The van der Waals surface area contributed by atoms with Crippen LogP contribution < -0.4 is 0 Å². The van der Waals surface area contributed by atoms with Gasteiger partial charge in [0.15, 0.2) is 0 Å². The molecule has 2 N–H and O–H groups in total. The number of aliphatic hydroxyl groups is 1. The molecule has 2 atom stereocenters. The van der Waals surface area contributed by atoms with Gasteiger partial charge in [0.1, 0.15) is 17.7 Å². The number of rotatable bonds is 5. The average Bonchev–Trinajstić information content (AvgIpc) is 3.23. The van der Waals surface area contributed by atoms with Crippen LogP contribution in [0.25, 0.3) is 0 Å². The van der Waals surface area contributed by atoms with Gasteiger partial charge < -0.3 is 5.11 Å². The van der Waals surface area contributed by atoms with Crippen molar-refractivity contribution in [3.8, 4) is 0 Å². The van der Waals surface area contributed by atoms with Gasteiger partial charge in [-0.2, -0.15) is 0 Å². The maximum Gasteiger partial charge on any atom is 0.215 e.